The fourth-order valence-corrected chi connectivity index (χ4v) is 2.53. The molecule has 1 aromatic carbocycles. The summed E-state index contributed by atoms with van der Waals surface area (Å²) in [5.74, 6) is -0.416. The Morgan fingerprint density at radius 2 is 2.24 bits per heavy atom. The van der Waals surface area contributed by atoms with Crippen molar-refractivity contribution in [2.75, 3.05) is 0 Å². The Bertz CT molecular complexity index is 823. The van der Waals surface area contributed by atoms with Gasteiger partial charge in [0.1, 0.15) is 0 Å². The average molecular weight is 302 g/mol. The molecular weight excluding hydrogens is 289 g/mol. The zero-order valence-corrected chi connectivity index (χ0v) is 12.2. The van der Waals surface area contributed by atoms with E-state index < -0.39 is 5.95 Å². The second-order valence-corrected chi connectivity index (χ2v) is 5.10. The number of allylic oxidation sites excluding steroid dienone is 1. The number of hydrogen-bond acceptors (Lipinski definition) is 2. The van der Waals surface area contributed by atoms with E-state index in [-0.39, 0.29) is 0 Å². The molecule has 0 saturated heterocycles. The third-order valence-electron chi connectivity index (χ3n) is 3.37. The Kier molecular flexibility index (Phi) is 3.71. The summed E-state index contributed by atoms with van der Waals surface area (Å²) in [6.45, 7) is 2.06. The Morgan fingerprint density at radius 1 is 1.38 bits per heavy atom. The Labute approximate surface area is 126 Å². The Hall–Kier alpha value is -2.20. The number of rotatable bonds is 3. The molecule has 0 spiro atoms. The summed E-state index contributed by atoms with van der Waals surface area (Å²) in [5, 5.41) is 7.32. The summed E-state index contributed by atoms with van der Waals surface area (Å²) in [4.78, 5) is 3.99. The molecule has 5 heteroatoms. The fourth-order valence-electron chi connectivity index (χ4n) is 2.29. The number of benzene rings is 1. The number of fused-ring (bicyclic) bond motifs is 1. The molecule has 0 aliphatic heterocycles. The summed E-state index contributed by atoms with van der Waals surface area (Å²) < 4.78 is 13.6. The van der Waals surface area contributed by atoms with Crippen LogP contribution >= 0.6 is 11.6 Å². The molecule has 0 fully saturated rings. The lowest BCUT2D eigenvalue weighted by Crippen LogP contribution is -1.86. The van der Waals surface area contributed by atoms with Gasteiger partial charge in [0, 0.05) is 12.4 Å². The minimum absolute atomic E-state index is 0.416. The largest absolute Gasteiger partial charge is 0.263 e. The van der Waals surface area contributed by atoms with Crippen LogP contribution in [0.4, 0.5) is 4.39 Å². The molecule has 106 valence electrons. The van der Waals surface area contributed by atoms with Crippen LogP contribution in [0.1, 0.15) is 24.5 Å². The molecule has 21 heavy (non-hydrogen) atoms. The van der Waals surface area contributed by atoms with E-state index in [0.29, 0.717) is 15.9 Å². The number of nitrogens with one attached hydrogen (secondary N) is 1. The molecule has 3 aromatic rings. The van der Waals surface area contributed by atoms with E-state index in [1.165, 1.54) is 0 Å². The maximum absolute atomic E-state index is 13.6. The zero-order valence-electron chi connectivity index (χ0n) is 11.4. The quantitative estimate of drug-likeness (QED) is 0.761. The van der Waals surface area contributed by atoms with Gasteiger partial charge in [-0.1, -0.05) is 30.7 Å². The Morgan fingerprint density at radius 3 is 3.00 bits per heavy atom. The molecule has 0 unspecified atom stereocenters. The van der Waals surface area contributed by atoms with Gasteiger partial charge >= 0.3 is 0 Å². The number of pyridine rings is 1. The number of aromatic nitrogens is 3. The molecule has 0 aliphatic rings. The van der Waals surface area contributed by atoms with Crippen LogP contribution in [-0.4, -0.2) is 15.2 Å². The third kappa shape index (κ3) is 2.67. The minimum Gasteiger partial charge on any atom is -0.263 e. The number of nitrogens with zero attached hydrogens (tertiary/aromatic N) is 2. The summed E-state index contributed by atoms with van der Waals surface area (Å²) in [6.07, 6.45) is 6.16. The van der Waals surface area contributed by atoms with Crippen LogP contribution in [0, 0.1) is 5.95 Å². The highest BCUT2D eigenvalue weighted by Gasteiger charge is 2.07. The topological polar surface area (TPSA) is 41.6 Å². The predicted octanol–water partition coefficient (Wildman–Crippen LogP) is 4.70. The van der Waals surface area contributed by atoms with Gasteiger partial charge in [-0.05, 0) is 41.3 Å². The smallest absolute Gasteiger partial charge is 0.216 e. The molecule has 3 nitrogen and oxygen atoms in total. The SMILES string of the molecule is CC/C(=C\c1ccc2n[nH]c(F)c2c1)c1ccncc1Cl. The van der Waals surface area contributed by atoms with E-state index in [1.54, 1.807) is 24.5 Å². The summed E-state index contributed by atoms with van der Waals surface area (Å²) in [5.41, 5.74) is 3.55. The number of aromatic amines is 1. The van der Waals surface area contributed by atoms with Gasteiger partial charge in [-0.2, -0.15) is 9.49 Å². The van der Waals surface area contributed by atoms with Crippen molar-refractivity contribution in [2.24, 2.45) is 0 Å². The van der Waals surface area contributed by atoms with Crippen molar-refractivity contribution >= 4 is 34.2 Å². The highest BCUT2D eigenvalue weighted by atomic mass is 35.5. The summed E-state index contributed by atoms with van der Waals surface area (Å²) in [7, 11) is 0. The maximum atomic E-state index is 13.6. The number of halogens is 2. The van der Waals surface area contributed by atoms with Crippen molar-refractivity contribution in [3.05, 3.63) is 58.8 Å². The highest BCUT2D eigenvalue weighted by Crippen LogP contribution is 2.28. The fraction of sp³-hybridized carbons (Fsp3) is 0.125. The zero-order chi connectivity index (χ0) is 14.8. The van der Waals surface area contributed by atoms with Crippen molar-refractivity contribution in [3.8, 4) is 0 Å². The molecule has 0 radical (unpaired) electrons. The van der Waals surface area contributed by atoms with Gasteiger partial charge < -0.3 is 0 Å². The second kappa shape index (κ2) is 5.66. The summed E-state index contributed by atoms with van der Waals surface area (Å²) >= 11 is 6.19. The van der Waals surface area contributed by atoms with E-state index in [1.807, 2.05) is 18.2 Å². The minimum atomic E-state index is -0.416. The normalized spacial score (nSPS) is 12.0. The van der Waals surface area contributed by atoms with E-state index in [2.05, 4.69) is 22.1 Å². The molecule has 2 aromatic heterocycles. The monoisotopic (exact) mass is 301 g/mol. The van der Waals surface area contributed by atoms with Crippen LogP contribution in [0.25, 0.3) is 22.6 Å². The molecule has 0 bridgehead atoms. The number of hydrogen-bond donors (Lipinski definition) is 1. The lowest BCUT2D eigenvalue weighted by Gasteiger charge is -2.07. The Balaban J connectivity index is 2.08. The second-order valence-electron chi connectivity index (χ2n) is 4.69. The molecule has 0 aliphatic carbocycles. The molecule has 2 heterocycles. The van der Waals surface area contributed by atoms with Crippen LogP contribution in [0.2, 0.25) is 5.02 Å². The van der Waals surface area contributed by atoms with Crippen molar-refractivity contribution in [1.82, 2.24) is 15.2 Å². The van der Waals surface area contributed by atoms with Crippen LogP contribution in [0.5, 0.6) is 0 Å². The molecule has 0 atom stereocenters. The van der Waals surface area contributed by atoms with Crippen LogP contribution in [0.15, 0.2) is 36.7 Å². The van der Waals surface area contributed by atoms with Gasteiger partial charge in [-0.25, -0.2) is 0 Å². The molecule has 0 amide bonds. The lowest BCUT2D eigenvalue weighted by atomic mass is 10.0. The number of H-pyrrole nitrogens is 1. The van der Waals surface area contributed by atoms with Crippen molar-refractivity contribution in [1.29, 1.82) is 0 Å². The van der Waals surface area contributed by atoms with E-state index in [4.69, 9.17) is 11.6 Å². The molecular formula is C16H13ClFN3. The summed E-state index contributed by atoms with van der Waals surface area (Å²) in [6, 6.07) is 7.36. The first-order valence-electron chi connectivity index (χ1n) is 6.63. The van der Waals surface area contributed by atoms with Gasteiger partial charge in [-0.15, -0.1) is 0 Å². The van der Waals surface area contributed by atoms with Crippen LogP contribution < -0.4 is 0 Å². The van der Waals surface area contributed by atoms with Crippen LogP contribution in [-0.2, 0) is 0 Å². The first kappa shape index (κ1) is 13.8. The first-order valence-corrected chi connectivity index (χ1v) is 7.01. The van der Waals surface area contributed by atoms with E-state index in [0.717, 1.165) is 23.1 Å². The van der Waals surface area contributed by atoms with Gasteiger partial charge in [-0.3, -0.25) is 10.1 Å². The molecule has 0 saturated carbocycles. The average Bonchev–Trinajstić information content (AvgIpc) is 2.87. The van der Waals surface area contributed by atoms with Crippen molar-refractivity contribution < 1.29 is 4.39 Å². The van der Waals surface area contributed by atoms with Gasteiger partial charge in [0.15, 0.2) is 0 Å². The highest BCUT2D eigenvalue weighted by molar-refractivity contribution is 6.32. The van der Waals surface area contributed by atoms with Gasteiger partial charge in [0.05, 0.1) is 15.9 Å². The van der Waals surface area contributed by atoms with Crippen molar-refractivity contribution in [2.45, 2.75) is 13.3 Å². The van der Waals surface area contributed by atoms with Crippen LogP contribution in [0.3, 0.4) is 0 Å². The van der Waals surface area contributed by atoms with E-state index >= 15 is 0 Å². The van der Waals surface area contributed by atoms with E-state index in [9.17, 15) is 4.39 Å². The van der Waals surface area contributed by atoms with Gasteiger partial charge in [0.25, 0.3) is 0 Å². The molecule has 1 N–H and O–H groups in total. The standard InChI is InChI=1S/C16H13ClFN3/c1-2-11(12-5-6-19-9-14(12)17)7-10-3-4-15-13(8-10)16(18)21-20-15/h3-9H,2H2,1H3,(H,20,21)/b11-7+. The molecule has 3 rings (SSSR count). The van der Waals surface area contributed by atoms with Gasteiger partial charge in [0.2, 0.25) is 5.95 Å². The third-order valence-corrected chi connectivity index (χ3v) is 3.67. The van der Waals surface area contributed by atoms with Crippen molar-refractivity contribution in [3.63, 3.8) is 0 Å². The first-order chi connectivity index (χ1) is 10.2. The predicted molar refractivity (Wildman–Crippen MR) is 83.5 cm³/mol. The maximum Gasteiger partial charge on any atom is 0.216 e. The lowest BCUT2D eigenvalue weighted by molar-refractivity contribution is 0.588.